The predicted octanol–water partition coefficient (Wildman–Crippen LogP) is 4.01. The Morgan fingerprint density at radius 1 is 1.19 bits per heavy atom. The molecule has 0 spiro atoms. The number of thiazole rings is 1. The van der Waals surface area contributed by atoms with Crippen molar-refractivity contribution in [1.29, 1.82) is 0 Å². The number of hydrogen-bond donors (Lipinski definition) is 0. The number of benzene rings is 2. The van der Waals surface area contributed by atoms with Crippen LogP contribution in [0.2, 0.25) is 0 Å². The SMILES string of the molecule is O=C([C@H]1CCOC1)N1C[N@@+]2(Cc3ccc(Oc4nc5ccccc5s4)cc3)CC[C@H]1C2. The summed E-state index contributed by atoms with van der Waals surface area (Å²) in [5.41, 5.74) is 2.26. The number of hydrogen-bond acceptors (Lipinski definition) is 5. The van der Waals surface area contributed by atoms with Gasteiger partial charge in [0, 0.05) is 18.6 Å². The third kappa shape index (κ3) is 3.60. The largest absolute Gasteiger partial charge is 0.431 e. The number of ether oxygens (including phenoxy) is 2. The molecule has 7 heteroatoms. The highest BCUT2D eigenvalue weighted by atomic mass is 32.1. The first-order valence-electron chi connectivity index (χ1n) is 11.0. The molecule has 3 fully saturated rings. The van der Waals surface area contributed by atoms with E-state index in [0.29, 0.717) is 23.7 Å². The van der Waals surface area contributed by atoms with Gasteiger partial charge in [0.2, 0.25) is 5.91 Å². The van der Waals surface area contributed by atoms with Crippen molar-refractivity contribution in [3.8, 4) is 10.9 Å². The summed E-state index contributed by atoms with van der Waals surface area (Å²) >= 11 is 1.56. The summed E-state index contributed by atoms with van der Waals surface area (Å²) in [7, 11) is 0. The fourth-order valence-corrected chi connectivity index (χ4v) is 6.16. The fraction of sp³-hybridized carbons (Fsp3) is 0.417. The molecule has 6 nitrogen and oxygen atoms in total. The zero-order valence-corrected chi connectivity index (χ0v) is 18.2. The number of carbonyl (C=O) groups excluding carboxylic acids is 1. The van der Waals surface area contributed by atoms with Crippen LogP contribution in [0, 0.1) is 5.92 Å². The van der Waals surface area contributed by atoms with E-state index >= 15 is 0 Å². The van der Waals surface area contributed by atoms with Gasteiger partial charge < -0.3 is 14.0 Å². The smallest absolute Gasteiger partial charge is 0.279 e. The average Bonchev–Trinajstić information content (AvgIpc) is 3.57. The molecule has 3 aliphatic heterocycles. The van der Waals surface area contributed by atoms with E-state index in [9.17, 15) is 4.79 Å². The van der Waals surface area contributed by atoms with Crippen LogP contribution in [0.4, 0.5) is 0 Å². The number of aromatic nitrogens is 1. The molecule has 2 bridgehead atoms. The Balaban J connectivity index is 1.12. The molecule has 31 heavy (non-hydrogen) atoms. The highest BCUT2D eigenvalue weighted by Gasteiger charge is 2.52. The summed E-state index contributed by atoms with van der Waals surface area (Å²) in [6, 6.07) is 16.8. The Labute approximate surface area is 185 Å². The molecular formula is C24H26N3O3S+. The molecule has 3 aromatic rings. The van der Waals surface area contributed by atoms with Crippen LogP contribution < -0.4 is 4.74 Å². The van der Waals surface area contributed by atoms with E-state index < -0.39 is 0 Å². The van der Waals surface area contributed by atoms with Gasteiger partial charge in [-0.1, -0.05) is 23.5 Å². The summed E-state index contributed by atoms with van der Waals surface area (Å²) < 4.78 is 13.6. The summed E-state index contributed by atoms with van der Waals surface area (Å²) in [6.45, 7) is 5.34. The Bertz CT molecular complexity index is 1080. The van der Waals surface area contributed by atoms with Crippen LogP contribution in [0.1, 0.15) is 18.4 Å². The van der Waals surface area contributed by atoms with Crippen LogP contribution in [0.3, 0.4) is 0 Å². The van der Waals surface area contributed by atoms with Crippen molar-refractivity contribution in [1.82, 2.24) is 9.88 Å². The van der Waals surface area contributed by atoms with Gasteiger partial charge in [-0.05, 0) is 42.8 Å². The molecule has 0 radical (unpaired) electrons. The molecular weight excluding hydrogens is 410 g/mol. The molecule has 6 rings (SSSR count). The van der Waals surface area contributed by atoms with E-state index in [1.54, 1.807) is 11.3 Å². The topological polar surface area (TPSA) is 51.7 Å². The van der Waals surface area contributed by atoms with Gasteiger partial charge in [0.25, 0.3) is 5.19 Å². The molecule has 0 aliphatic carbocycles. The van der Waals surface area contributed by atoms with Gasteiger partial charge >= 0.3 is 0 Å². The first kappa shape index (κ1) is 19.2. The van der Waals surface area contributed by atoms with Crippen molar-refractivity contribution in [2.24, 2.45) is 5.92 Å². The summed E-state index contributed by atoms with van der Waals surface area (Å²) in [4.78, 5) is 19.6. The maximum atomic E-state index is 12.9. The molecule has 1 aromatic heterocycles. The first-order valence-corrected chi connectivity index (χ1v) is 11.8. The zero-order chi connectivity index (χ0) is 20.8. The van der Waals surface area contributed by atoms with E-state index in [2.05, 4.69) is 28.1 Å². The summed E-state index contributed by atoms with van der Waals surface area (Å²) in [6.07, 6.45) is 1.98. The number of quaternary nitrogens is 1. The third-order valence-corrected chi connectivity index (χ3v) is 7.82. The molecule has 3 aliphatic rings. The van der Waals surface area contributed by atoms with Crippen molar-refractivity contribution in [2.45, 2.75) is 25.4 Å². The standard InChI is InChI=1S/C24H26N3O3S/c28-23(18-10-12-29-15-18)26-16-27(11-9-19(26)14-27)13-17-5-7-20(8-6-17)30-24-25-21-3-1-2-4-22(21)31-24/h1-8,18-19H,9-16H2/q+1/t18-,19-,27+/m0/s1. The van der Waals surface area contributed by atoms with Gasteiger partial charge in [0.1, 0.15) is 18.8 Å². The molecule has 0 saturated carbocycles. The van der Waals surface area contributed by atoms with Gasteiger partial charge in [-0.2, -0.15) is 0 Å². The lowest BCUT2D eigenvalue weighted by Crippen LogP contribution is -2.50. The summed E-state index contributed by atoms with van der Waals surface area (Å²) in [5.74, 6) is 1.18. The minimum atomic E-state index is 0.0690. The molecule has 160 valence electrons. The fourth-order valence-electron chi connectivity index (χ4n) is 5.33. The number of carbonyl (C=O) groups is 1. The molecule has 2 aromatic carbocycles. The van der Waals surface area contributed by atoms with E-state index in [-0.39, 0.29) is 5.92 Å². The van der Waals surface area contributed by atoms with Crippen molar-refractivity contribution in [3.05, 3.63) is 54.1 Å². The quantitative estimate of drug-likeness (QED) is 0.567. The van der Waals surface area contributed by atoms with Crippen LogP contribution in [-0.4, -0.2) is 59.3 Å². The third-order valence-electron chi connectivity index (χ3n) is 6.91. The Morgan fingerprint density at radius 2 is 2.06 bits per heavy atom. The van der Waals surface area contributed by atoms with Crippen molar-refractivity contribution < 1.29 is 18.8 Å². The lowest BCUT2D eigenvalue weighted by molar-refractivity contribution is -0.926. The number of rotatable bonds is 5. The number of amides is 1. The second kappa shape index (κ2) is 7.58. The number of para-hydroxylation sites is 1. The van der Waals surface area contributed by atoms with E-state index in [0.717, 1.165) is 66.2 Å². The maximum Gasteiger partial charge on any atom is 0.279 e. The van der Waals surface area contributed by atoms with Gasteiger partial charge in [-0.15, -0.1) is 0 Å². The van der Waals surface area contributed by atoms with E-state index in [1.807, 2.05) is 30.3 Å². The van der Waals surface area contributed by atoms with E-state index in [1.165, 1.54) is 5.56 Å². The number of nitrogens with zero attached hydrogens (tertiary/aromatic N) is 3. The Kier molecular flexibility index (Phi) is 4.70. The Morgan fingerprint density at radius 3 is 2.87 bits per heavy atom. The van der Waals surface area contributed by atoms with Crippen LogP contribution in [-0.2, 0) is 16.1 Å². The molecule has 0 N–H and O–H groups in total. The molecule has 3 saturated heterocycles. The van der Waals surface area contributed by atoms with Gasteiger partial charge in [0.15, 0.2) is 6.67 Å². The second-order valence-corrected chi connectivity index (χ2v) is 10.0. The first-order chi connectivity index (χ1) is 15.2. The monoisotopic (exact) mass is 436 g/mol. The molecule has 4 heterocycles. The van der Waals surface area contributed by atoms with Gasteiger partial charge in [-0.25, -0.2) is 4.98 Å². The second-order valence-electron chi connectivity index (χ2n) is 9.05. The molecule has 3 atom stereocenters. The zero-order valence-electron chi connectivity index (χ0n) is 17.4. The van der Waals surface area contributed by atoms with Crippen molar-refractivity contribution >= 4 is 27.5 Å². The highest BCUT2D eigenvalue weighted by Crippen LogP contribution is 2.36. The van der Waals surface area contributed by atoms with Gasteiger partial charge in [0.05, 0.1) is 35.3 Å². The lowest BCUT2D eigenvalue weighted by atomic mass is 10.1. The van der Waals surface area contributed by atoms with Crippen LogP contribution in [0.25, 0.3) is 10.2 Å². The van der Waals surface area contributed by atoms with Crippen molar-refractivity contribution in [2.75, 3.05) is 33.0 Å². The van der Waals surface area contributed by atoms with Crippen molar-refractivity contribution in [3.63, 3.8) is 0 Å². The molecule has 0 unspecified atom stereocenters. The average molecular weight is 437 g/mol. The number of fused-ring (bicyclic) bond motifs is 3. The van der Waals surface area contributed by atoms with Crippen LogP contribution >= 0.6 is 11.3 Å². The summed E-state index contributed by atoms with van der Waals surface area (Å²) in [5, 5.41) is 0.669. The molecule has 1 amide bonds. The van der Waals surface area contributed by atoms with Gasteiger partial charge in [-0.3, -0.25) is 9.69 Å². The minimum Gasteiger partial charge on any atom is -0.431 e. The minimum absolute atomic E-state index is 0.0690. The van der Waals surface area contributed by atoms with Crippen LogP contribution in [0.15, 0.2) is 48.5 Å². The predicted molar refractivity (Wildman–Crippen MR) is 119 cm³/mol. The van der Waals surface area contributed by atoms with E-state index in [4.69, 9.17) is 9.47 Å². The van der Waals surface area contributed by atoms with Crippen LogP contribution in [0.5, 0.6) is 10.9 Å². The normalized spacial score (nSPS) is 27.3. The lowest BCUT2D eigenvalue weighted by Gasteiger charge is -2.35. The highest BCUT2D eigenvalue weighted by molar-refractivity contribution is 7.20. The maximum absolute atomic E-state index is 12.9. The Hall–Kier alpha value is -2.48.